The number of amides is 1. The van der Waals surface area contributed by atoms with Crippen molar-refractivity contribution in [3.05, 3.63) is 59.9 Å². The summed E-state index contributed by atoms with van der Waals surface area (Å²) in [5.74, 6) is 0.903. The third kappa shape index (κ3) is 6.32. The largest absolute Gasteiger partial charge is 0.489 e. The van der Waals surface area contributed by atoms with Gasteiger partial charge in [-0.1, -0.05) is 24.6 Å². The van der Waals surface area contributed by atoms with Crippen LogP contribution in [0.1, 0.15) is 36.8 Å². The molecule has 1 unspecified atom stereocenters. The average molecular weight is 383 g/mol. The SMILES string of the molecule is NCCC(=O)NCC1CCCCN1Cc1ccc(OCc2cccnc2)cc1. The molecule has 0 saturated carbocycles. The first kappa shape index (κ1) is 20.3. The second-order valence-corrected chi connectivity index (χ2v) is 7.26. The number of carbonyl (C=O) groups excluding carboxylic acids is 1. The number of piperidine rings is 1. The zero-order valence-electron chi connectivity index (χ0n) is 16.3. The number of nitrogens with two attached hydrogens (primary N) is 1. The standard InChI is InChI=1S/C22H30N4O2/c23-11-10-22(27)25-15-20-5-1-2-13-26(20)16-18-6-8-21(9-7-18)28-17-19-4-3-12-24-14-19/h3-4,6-9,12,14,20H,1-2,5,10-11,13,15-17,23H2,(H,25,27). The number of benzene rings is 1. The summed E-state index contributed by atoms with van der Waals surface area (Å²) in [5, 5.41) is 3.02. The first-order valence-electron chi connectivity index (χ1n) is 10.1. The Morgan fingerprint density at radius 3 is 2.82 bits per heavy atom. The zero-order chi connectivity index (χ0) is 19.6. The molecule has 28 heavy (non-hydrogen) atoms. The van der Waals surface area contributed by atoms with Crippen molar-refractivity contribution < 1.29 is 9.53 Å². The van der Waals surface area contributed by atoms with Crippen molar-refractivity contribution in [3.8, 4) is 5.75 Å². The van der Waals surface area contributed by atoms with Gasteiger partial charge in [0, 0.05) is 50.1 Å². The molecule has 1 aliphatic heterocycles. The Morgan fingerprint density at radius 1 is 1.21 bits per heavy atom. The highest BCUT2D eigenvalue weighted by Gasteiger charge is 2.22. The number of aromatic nitrogens is 1. The predicted octanol–water partition coefficient (Wildman–Crippen LogP) is 2.48. The highest BCUT2D eigenvalue weighted by molar-refractivity contribution is 5.76. The molecule has 1 saturated heterocycles. The maximum Gasteiger partial charge on any atom is 0.221 e. The van der Waals surface area contributed by atoms with Gasteiger partial charge in [-0.3, -0.25) is 14.7 Å². The lowest BCUT2D eigenvalue weighted by atomic mass is 10.0. The monoisotopic (exact) mass is 382 g/mol. The van der Waals surface area contributed by atoms with Gasteiger partial charge in [-0.15, -0.1) is 0 Å². The van der Waals surface area contributed by atoms with Crippen molar-refractivity contribution in [2.24, 2.45) is 5.73 Å². The van der Waals surface area contributed by atoms with E-state index in [2.05, 4.69) is 27.3 Å². The number of hydrogen-bond acceptors (Lipinski definition) is 5. The van der Waals surface area contributed by atoms with Crippen LogP contribution in [0.2, 0.25) is 0 Å². The second-order valence-electron chi connectivity index (χ2n) is 7.26. The molecule has 0 spiro atoms. The molecule has 2 aromatic rings. The minimum absolute atomic E-state index is 0.0446. The van der Waals surface area contributed by atoms with Gasteiger partial charge in [0.15, 0.2) is 0 Å². The van der Waals surface area contributed by atoms with Crippen LogP contribution in [0.25, 0.3) is 0 Å². The van der Waals surface area contributed by atoms with Crippen LogP contribution in [-0.2, 0) is 17.9 Å². The Balaban J connectivity index is 1.50. The molecule has 2 heterocycles. The Labute approximate surface area is 167 Å². The van der Waals surface area contributed by atoms with Crippen molar-refractivity contribution >= 4 is 5.91 Å². The summed E-state index contributed by atoms with van der Waals surface area (Å²) < 4.78 is 5.83. The molecule has 1 aromatic heterocycles. The van der Waals surface area contributed by atoms with E-state index in [-0.39, 0.29) is 5.91 Å². The smallest absolute Gasteiger partial charge is 0.221 e. The summed E-state index contributed by atoms with van der Waals surface area (Å²) in [6.07, 6.45) is 7.52. The van der Waals surface area contributed by atoms with E-state index in [9.17, 15) is 4.79 Å². The third-order valence-electron chi connectivity index (χ3n) is 5.09. The van der Waals surface area contributed by atoms with Gasteiger partial charge < -0.3 is 15.8 Å². The van der Waals surface area contributed by atoms with Gasteiger partial charge in [-0.25, -0.2) is 0 Å². The van der Waals surface area contributed by atoms with Crippen LogP contribution < -0.4 is 15.8 Å². The zero-order valence-corrected chi connectivity index (χ0v) is 16.3. The van der Waals surface area contributed by atoms with Crippen molar-refractivity contribution in [1.29, 1.82) is 0 Å². The number of pyridine rings is 1. The molecule has 0 aliphatic carbocycles. The average Bonchev–Trinajstić information content (AvgIpc) is 2.74. The third-order valence-corrected chi connectivity index (χ3v) is 5.09. The van der Waals surface area contributed by atoms with Crippen LogP contribution in [0.4, 0.5) is 0 Å². The maximum atomic E-state index is 11.7. The molecule has 6 nitrogen and oxygen atoms in total. The van der Waals surface area contributed by atoms with Gasteiger partial charge in [0.1, 0.15) is 12.4 Å². The number of nitrogens with zero attached hydrogens (tertiary/aromatic N) is 2. The van der Waals surface area contributed by atoms with E-state index in [4.69, 9.17) is 10.5 Å². The fourth-order valence-corrected chi connectivity index (χ4v) is 3.53. The van der Waals surface area contributed by atoms with Crippen LogP contribution in [0.5, 0.6) is 5.75 Å². The van der Waals surface area contributed by atoms with E-state index in [1.54, 1.807) is 6.20 Å². The highest BCUT2D eigenvalue weighted by atomic mass is 16.5. The number of nitrogens with one attached hydrogen (secondary N) is 1. The topological polar surface area (TPSA) is 80.5 Å². The van der Waals surface area contributed by atoms with Gasteiger partial charge in [0.25, 0.3) is 0 Å². The van der Waals surface area contributed by atoms with E-state index < -0.39 is 0 Å². The quantitative estimate of drug-likeness (QED) is 0.696. The fourth-order valence-electron chi connectivity index (χ4n) is 3.53. The highest BCUT2D eigenvalue weighted by Crippen LogP contribution is 2.21. The molecule has 3 rings (SSSR count). The summed E-state index contributed by atoms with van der Waals surface area (Å²) in [7, 11) is 0. The molecule has 1 amide bonds. The van der Waals surface area contributed by atoms with Crippen molar-refractivity contribution in [3.63, 3.8) is 0 Å². The summed E-state index contributed by atoms with van der Waals surface area (Å²) in [6, 6.07) is 12.6. The van der Waals surface area contributed by atoms with Crippen LogP contribution in [0, 0.1) is 0 Å². The van der Waals surface area contributed by atoms with E-state index in [0.29, 0.717) is 32.2 Å². The molecular formula is C22H30N4O2. The minimum Gasteiger partial charge on any atom is -0.489 e. The predicted molar refractivity (Wildman–Crippen MR) is 110 cm³/mol. The maximum absolute atomic E-state index is 11.7. The second kappa shape index (κ2) is 10.8. The van der Waals surface area contributed by atoms with Gasteiger partial charge in [-0.2, -0.15) is 0 Å². The van der Waals surface area contributed by atoms with Crippen LogP contribution >= 0.6 is 0 Å². The summed E-state index contributed by atoms with van der Waals surface area (Å²) >= 11 is 0. The molecule has 1 aromatic carbocycles. The van der Waals surface area contributed by atoms with Crippen molar-refractivity contribution in [1.82, 2.24) is 15.2 Å². The molecule has 1 atom stereocenters. The number of rotatable bonds is 9. The van der Waals surface area contributed by atoms with E-state index >= 15 is 0 Å². The Morgan fingerprint density at radius 2 is 2.07 bits per heavy atom. The lowest BCUT2D eigenvalue weighted by Gasteiger charge is -2.36. The molecule has 3 N–H and O–H groups in total. The molecule has 1 aliphatic rings. The van der Waals surface area contributed by atoms with E-state index in [1.807, 2.05) is 30.5 Å². The molecule has 1 fully saturated rings. The number of likely N-dealkylation sites (tertiary alicyclic amines) is 1. The van der Waals surface area contributed by atoms with Gasteiger partial charge >= 0.3 is 0 Å². The normalized spacial score (nSPS) is 17.2. The Hall–Kier alpha value is -2.44. The van der Waals surface area contributed by atoms with Crippen molar-refractivity contribution in [2.45, 2.75) is 44.9 Å². The Bertz CT molecular complexity index is 721. The number of hydrogen-bond donors (Lipinski definition) is 2. The molecule has 150 valence electrons. The summed E-state index contributed by atoms with van der Waals surface area (Å²) in [6.45, 7) is 3.57. The summed E-state index contributed by atoms with van der Waals surface area (Å²) in [5.41, 5.74) is 7.76. The van der Waals surface area contributed by atoms with Crippen LogP contribution in [0.3, 0.4) is 0 Å². The fraction of sp³-hybridized carbons (Fsp3) is 0.455. The lowest BCUT2D eigenvalue weighted by Crippen LogP contribution is -2.46. The lowest BCUT2D eigenvalue weighted by molar-refractivity contribution is -0.121. The number of ether oxygens (including phenoxy) is 1. The van der Waals surface area contributed by atoms with Crippen molar-refractivity contribution in [2.75, 3.05) is 19.6 Å². The van der Waals surface area contributed by atoms with E-state index in [1.165, 1.54) is 18.4 Å². The van der Waals surface area contributed by atoms with Gasteiger partial charge in [0.2, 0.25) is 5.91 Å². The van der Waals surface area contributed by atoms with Crippen LogP contribution in [0.15, 0.2) is 48.8 Å². The molecule has 6 heteroatoms. The van der Waals surface area contributed by atoms with Gasteiger partial charge in [0.05, 0.1) is 0 Å². The van der Waals surface area contributed by atoms with Gasteiger partial charge in [-0.05, 0) is 43.1 Å². The number of carbonyl (C=O) groups is 1. The molecule has 0 radical (unpaired) electrons. The molecule has 0 bridgehead atoms. The minimum atomic E-state index is 0.0446. The Kier molecular flexibility index (Phi) is 7.82. The summed E-state index contributed by atoms with van der Waals surface area (Å²) in [4.78, 5) is 18.3. The molecular weight excluding hydrogens is 352 g/mol. The first-order chi connectivity index (χ1) is 13.7. The van der Waals surface area contributed by atoms with Crippen LogP contribution in [-0.4, -0.2) is 41.5 Å². The van der Waals surface area contributed by atoms with E-state index in [0.717, 1.165) is 30.8 Å². The first-order valence-corrected chi connectivity index (χ1v) is 10.1.